The van der Waals surface area contributed by atoms with Gasteiger partial charge in [-0.05, 0) is 59.1 Å². The average molecular weight is 404 g/mol. The Hall–Kier alpha value is -1.63. The fraction of sp³-hybridized carbons (Fsp3) is 0.250. The monoisotopic (exact) mass is 403 g/mol. The summed E-state index contributed by atoms with van der Waals surface area (Å²) in [4.78, 5) is 18.6. The van der Waals surface area contributed by atoms with Gasteiger partial charge in [0.15, 0.2) is 0 Å². The van der Waals surface area contributed by atoms with Crippen molar-refractivity contribution < 1.29 is 9.18 Å². The van der Waals surface area contributed by atoms with Crippen LogP contribution in [0.4, 0.5) is 4.39 Å². The second-order valence-corrected chi connectivity index (χ2v) is 9.25. The first kappa shape index (κ1) is 17.8. The van der Waals surface area contributed by atoms with E-state index >= 15 is 0 Å². The van der Waals surface area contributed by atoms with Crippen molar-refractivity contribution in [3.63, 3.8) is 0 Å². The van der Waals surface area contributed by atoms with E-state index in [4.69, 9.17) is 0 Å². The van der Waals surface area contributed by atoms with E-state index in [9.17, 15) is 9.18 Å². The van der Waals surface area contributed by atoms with Crippen molar-refractivity contribution in [2.24, 2.45) is 0 Å². The molecule has 3 aromatic rings. The van der Waals surface area contributed by atoms with Gasteiger partial charge in [-0.15, -0.1) is 34.4 Å². The van der Waals surface area contributed by atoms with Crippen molar-refractivity contribution in [1.29, 1.82) is 0 Å². The topological polar surface area (TPSA) is 20.3 Å². The van der Waals surface area contributed by atoms with E-state index in [1.165, 1.54) is 27.5 Å². The Kier molecular flexibility index (Phi) is 5.43. The highest BCUT2D eigenvalue weighted by molar-refractivity contribution is 7.99. The molecule has 0 spiro atoms. The minimum absolute atomic E-state index is 0.0494. The smallest absolute Gasteiger partial charge is 0.224 e. The van der Waals surface area contributed by atoms with Gasteiger partial charge in [-0.3, -0.25) is 4.79 Å². The minimum atomic E-state index is -0.232. The lowest BCUT2D eigenvalue weighted by molar-refractivity contribution is -0.132. The SMILES string of the molecule is O=C(CCSc1ccc(F)cc1)N1CCc2sccc2[C@@H]1c1cccs1. The molecule has 0 unspecified atom stereocenters. The Balaban J connectivity index is 1.45. The quantitative estimate of drug-likeness (QED) is 0.517. The molecule has 2 nitrogen and oxygen atoms in total. The Morgan fingerprint density at radius 1 is 1.15 bits per heavy atom. The second kappa shape index (κ2) is 7.94. The van der Waals surface area contributed by atoms with E-state index in [-0.39, 0.29) is 17.8 Å². The van der Waals surface area contributed by atoms with Crippen LogP contribution in [-0.4, -0.2) is 23.1 Å². The van der Waals surface area contributed by atoms with E-state index in [2.05, 4.69) is 22.9 Å². The molecule has 3 heterocycles. The van der Waals surface area contributed by atoms with Crippen LogP contribution in [0.15, 0.2) is 58.1 Å². The van der Waals surface area contributed by atoms with Gasteiger partial charge in [0.25, 0.3) is 0 Å². The van der Waals surface area contributed by atoms with Gasteiger partial charge < -0.3 is 4.90 Å². The summed E-state index contributed by atoms with van der Waals surface area (Å²) < 4.78 is 13.0. The molecule has 2 aromatic heterocycles. The lowest BCUT2D eigenvalue weighted by Gasteiger charge is -2.35. The average Bonchev–Trinajstić information content (AvgIpc) is 3.34. The number of fused-ring (bicyclic) bond motifs is 1. The zero-order valence-corrected chi connectivity index (χ0v) is 16.5. The molecule has 0 radical (unpaired) electrons. The van der Waals surface area contributed by atoms with Gasteiger partial charge >= 0.3 is 0 Å². The van der Waals surface area contributed by atoms with Crippen LogP contribution in [-0.2, 0) is 11.2 Å². The van der Waals surface area contributed by atoms with Crippen LogP contribution >= 0.6 is 34.4 Å². The van der Waals surface area contributed by atoms with Gasteiger partial charge in [-0.1, -0.05) is 6.07 Å². The Labute approximate surface area is 164 Å². The number of carbonyl (C=O) groups excluding carboxylic acids is 1. The molecule has 6 heteroatoms. The van der Waals surface area contributed by atoms with Crippen LogP contribution in [0.1, 0.15) is 27.8 Å². The third kappa shape index (κ3) is 3.72. The predicted octanol–water partition coefficient (Wildman–Crippen LogP) is 5.61. The summed E-state index contributed by atoms with van der Waals surface area (Å²) in [5, 5.41) is 4.20. The molecule has 26 heavy (non-hydrogen) atoms. The second-order valence-electron chi connectivity index (χ2n) is 6.11. The number of carbonyl (C=O) groups is 1. The highest BCUT2D eigenvalue weighted by Crippen LogP contribution is 2.39. The Morgan fingerprint density at radius 2 is 2.00 bits per heavy atom. The molecule has 0 fully saturated rings. The van der Waals surface area contributed by atoms with Crippen molar-refractivity contribution in [2.45, 2.75) is 23.8 Å². The van der Waals surface area contributed by atoms with Crippen LogP contribution in [0.3, 0.4) is 0 Å². The molecule has 0 N–H and O–H groups in total. The van der Waals surface area contributed by atoms with E-state index in [0.717, 1.165) is 17.9 Å². The number of hydrogen-bond donors (Lipinski definition) is 0. The lowest BCUT2D eigenvalue weighted by atomic mass is 9.98. The minimum Gasteiger partial charge on any atom is -0.330 e. The van der Waals surface area contributed by atoms with E-state index < -0.39 is 0 Å². The molecule has 0 saturated carbocycles. The Morgan fingerprint density at radius 3 is 2.77 bits per heavy atom. The summed E-state index contributed by atoms with van der Waals surface area (Å²) in [7, 11) is 0. The summed E-state index contributed by atoms with van der Waals surface area (Å²) in [6.45, 7) is 0.774. The summed E-state index contributed by atoms with van der Waals surface area (Å²) in [5.74, 6) is 0.660. The largest absolute Gasteiger partial charge is 0.330 e. The number of amides is 1. The lowest BCUT2D eigenvalue weighted by Crippen LogP contribution is -2.39. The van der Waals surface area contributed by atoms with E-state index in [0.29, 0.717) is 12.2 Å². The fourth-order valence-electron chi connectivity index (χ4n) is 3.27. The van der Waals surface area contributed by atoms with Crippen molar-refractivity contribution in [2.75, 3.05) is 12.3 Å². The molecule has 0 aliphatic carbocycles. The third-order valence-electron chi connectivity index (χ3n) is 4.50. The molecule has 4 rings (SSSR count). The predicted molar refractivity (Wildman–Crippen MR) is 108 cm³/mol. The maximum Gasteiger partial charge on any atom is 0.224 e. The van der Waals surface area contributed by atoms with E-state index in [1.807, 2.05) is 11.0 Å². The first-order valence-electron chi connectivity index (χ1n) is 8.50. The van der Waals surface area contributed by atoms with Crippen LogP contribution in [0, 0.1) is 5.82 Å². The molecule has 1 aliphatic rings. The molecule has 1 aromatic carbocycles. The maximum absolute atomic E-state index is 13.0. The van der Waals surface area contributed by atoms with Crippen molar-refractivity contribution in [3.8, 4) is 0 Å². The third-order valence-corrected chi connectivity index (χ3v) is 7.43. The van der Waals surface area contributed by atoms with Crippen LogP contribution in [0.5, 0.6) is 0 Å². The van der Waals surface area contributed by atoms with Gasteiger partial charge in [0, 0.05) is 33.4 Å². The first-order valence-corrected chi connectivity index (χ1v) is 11.2. The van der Waals surface area contributed by atoms with Gasteiger partial charge in [0.2, 0.25) is 5.91 Å². The van der Waals surface area contributed by atoms with Gasteiger partial charge in [0.05, 0.1) is 6.04 Å². The van der Waals surface area contributed by atoms with Crippen LogP contribution in [0.2, 0.25) is 0 Å². The molecule has 1 amide bonds. The Bertz CT molecular complexity index is 873. The highest BCUT2D eigenvalue weighted by atomic mass is 32.2. The number of thiophene rings is 2. The van der Waals surface area contributed by atoms with Crippen LogP contribution < -0.4 is 0 Å². The zero-order chi connectivity index (χ0) is 17.9. The molecular weight excluding hydrogens is 385 g/mol. The van der Waals surface area contributed by atoms with Crippen LogP contribution in [0.25, 0.3) is 0 Å². The standard InChI is InChI=1S/C20H18FNOS3/c21-14-3-5-15(6-4-14)24-13-9-19(23)22-10-7-17-16(8-12-26-17)20(22)18-2-1-11-25-18/h1-6,8,11-12,20H,7,9-10,13H2/t20-/m1/s1. The number of thioether (sulfide) groups is 1. The number of benzene rings is 1. The summed E-state index contributed by atoms with van der Waals surface area (Å²) in [6.07, 6.45) is 1.43. The zero-order valence-electron chi connectivity index (χ0n) is 14.1. The van der Waals surface area contributed by atoms with Gasteiger partial charge in [-0.2, -0.15) is 0 Å². The molecule has 0 saturated heterocycles. The molecule has 1 aliphatic heterocycles. The maximum atomic E-state index is 13.0. The molecule has 134 valence electrons. The molecule has 1 atom stereocenters. The number of hydrogen-bond acceptors (Lipinski definition) is 4. The van der Waals surface area contributed by atoms with Gasteiger partial charge in [0.1, 0.15) is 5.82 Å². The molecular formula is C20H18FNOS3. The summed E-state index contributed by atoms with van der Waals surface area (Å²) in [5.41, 5.74) is 1.28. The fourth-order valence-corrected chi connectivity index (χ4v) is 5.87. The summed E-state index contributed by atoms with van der Waals surface area (Å²) in [6, 6.07) is 12.8. The summed E-state index contributed by atoms with van der Waals surface area (Å²) >= 11 is 5.10. The van der Waals surface area contributed by atoms with Crippen molar-refractivity contribution in [1.82, 2.24) is 4.90 Å². The normalized spacial score (nSPS) is 16.5. The highest BCUT2D eigenvalue weighted by Gasteiger charge is 2.32. The number of halogens is 1. The van der Waals surface area contributed by atoms with Crippen molar-refractivity contribution in [3.05, 3.63) is 74.4 Å². The van der Waals surface area contributed by atoms with E-state index in [1.54, 1.807) is 46.6 Å². The van der Waals surface area contributed by atoms with Crippen molar-refractivity contribution >= 4 is 40.3 Å². The number of rotatable bonds is 5. The van der Waals surface area contributed by atoms with Gasteiger partial charge in [-0.25, -0.2) is 4.39 Å². The first-order chi connectivity index (χ1) is 12.7. The molecule has 0 bridgehead atoms. The number of nitrogens with zero attached hydrogens (tertiary/aromatic N) is 1.